The van der Waals surface area contributed by atoms with Crippen molar-refractivity contribution < 1.29 is 4.79 Å². The lowest BCUT2D eigenvalue weighted by Crippen LogP contribution is -2.40. The fourth-order valence-electron chi connectivity index (χ4n) is 2.80. The SMILES string of the molecule is C[C@@H]1CCCN(C(=O)CSc2nnc(-c3ccc(Cl)cc3)n2N)C1. The van der Waals surface area contributed by atoms with Crippen molar-refractivity contribution in [3.05, 3.63) is 29.3 Å². The van der Waals surface area contributed by atoms with E-state index in [0.717, 1.165) is 25.1 Å². The first kappa shape index (κ1) is 17.1. The highest BCUT2D eigenvalue weighted by Gasteiger charge is 2.22. The first-order valence-corrected chi connectivity index (χ1v) is 9.28. The first-order chi connectivity index (χ1) is 11.5. The van der Waals surface area contributed by atoms with E-state index in [2.05, 4.69) is 17.1 Å². The number of rotatable bonds is 4. The summed E-state index contributed by atoms with van der Waals surface area (Å²) in [5.74, 6) is 7.64. The van der Waals surface area contributed by atoms with Gasteiger partial charge in [-0.1, -0.05) is 30.3 Å². The Morgan fingerprint density at radius 3 is 2.83 bits per heavy atom. The van der Waals surface area contributed by atoms with Gasteiger partial charge in [0.1, 0.15) is 0 Å². The molecule has 128 valence electrons. The van der Waals surface area contributed by atoms with Crippen molar-refractivity contribution in [3.63, 3.8) is 0 Å². The van der Waals surface area contributed by atoms with Crippen LogP contribution in [0.4, 0.5) is 0 Å². The third kappa shape index (κ3) is 3.84. The van der Waals surface area contributed by atoms with Gasteiger partial charge in [0.2, 0.25) is 11.1 Å². The van der Waals surface area contributed by atoms with Gasteiger partial charge in [-0.15, -0.1) is 10.2 Å². The number of nitrogens with two attached hydrogens (primary N) is 1. The summed E-state index contributed by atoms with van der Waals surface area (Å²) in [7, 11) is 0. The Morgan fingerprint density at radius 2 is 2.12 bits per heavy atom. The number of hydrogen-bond acceptors (Lipinski definition) is 5. The summed E-state index contributed by atoms with van der Waals surface area (Å²) < 4.78 is 1.42. The topological polar surface area (TPSA) is 77.0 Å². The molecule has 0 unspecified atom stereocenters. The van der Waals surface area contributed by atoms with Gasteiger partial charge in [0, 0.05) is 23.7 Å². The molecule has 1 atom stereocenters. The van der Waals surface area contributed by atoms with Crippen molar-refractivity contribution in [2.45, 2.75) is 24.9 Å². The molecule has 1 saturated heterocycles. The summed E-state index contributed by atoms with van der Waals surface area (Å²) in [6, 6.07) is 7.23. The zero-order valence-electron chi connectivity index (χ0n) is 13.5. The van der Waals surface area contributed by atoms with Crippen LogP contribution in [0.15, 0.2) is 29.4 Å². The Labute approximate surface area is 150 Å². The summed E-state index contributed by atoms with van der Waals surface area (Å²) >= 11 is 7.21. The van der Waals surface area contributed by atoms with E-state index >= 15 is 0 Å². The summed E-state index contributed by atoms with van der Waals surface area (Å²) in [5, 5.41) is 9.39. The van der Waals surface area contributed by atoms with Crippen molar-refractivity contribution in [1.29, 1.82) is 0 Å². The van der Waals surface area contributed by atoms with E-state index < -0.39 is 0 Å². The number of thioether (sulfide) groups is 1. The number of halogens is 1. The Balaban J connectivity index is 1.64. The number of nitrogens with zero attached hydrogens (tertiary/aromatic N) is 4. The molecule has 1 aliphatic rings. The summed E-state index contributed by atoms with van der Waals surface area (Å²) in [4.78, 5) is 14.3. The molecule has 3 rings (SSSR count). The number of likely N-dealkylation sites (tertiary alicyclic amines) is 1. The van der Waals surface area contributed by atoms with Crippen LogP contribution in [-0.4, -0.2) is 44.5 Å². The Morgan fingerprint density at radius 1 is 1.38 bits per heavy atom. The molecule has 0 aliphatic carbocycles. The van der Waals surface area contributed by atoms with Gasteiger partial charge in [0.25, 0.3) is 0 Å². The normalized spacial score (nSPS) is 17.9. The molecular formula is C16H20ClN5OS. The molecule has 1 amide bonds. The van der Waals surface area contributed by atoms with Crippen LogP contribution in [-0.2, 0) is 4.79 Å². The van der Waals surface area contributed by atoms with Gasteiger partial charge in [0.15, 0.2) is 5.82 Å². The highest BCUT2D eigenvalue weighted by Crippen LogP contribution is 2.24. The number of nitrogen functional groups attached to an aromatic ring is 1. The number of piperidine rings is 1. The fraction of sp³-hybridized carbons (Fsp3) is 0.438. The lowest BCUT2D eigenvalue weighted by atomic mass is 10.0. The number of benzene rings is 1. The molecule has 1 aromatic heterocycles. The van der Waals surface area contributed by atoms with Gasteiger partial charge < -0.3 is 10.7 Å². The molecule has 0 spiro atoms. The summed E-state index contributed by atoms with van der Waals surface area (Å²) in [5.41, 5.74) is 0.831. The molecule has 1 aliphatic heterocycles. The van der Waals surface area contributed by atoms with E-state index in [1.165, 1.54) is 22.9 Å². The van der Waals surface area contributed by atoms with Crippen molar-refractivity contribution in [2.24, 2.45) is 5.92 Å². The van der Waals surface area contributed by atoms with Gasteiger partial charge >= 0.3 is 0 Å². The molecule has 8 heteroatoms. The Bertz CT molecular complexity index is 718. The number of amides is 1. The van der Waals surface area contributed by atoms with Crippen LogP contribution in [0.1, 0.15) is 19.8 Å². The molecule has 0 bridgehead atoms. The predicted octanol–water partition coefficient (Wildman–Crippen LogP) is 2.66. The maximum Gasteiger partial charge on any atom is 0.233 e. The molecule has 2 aromatic rings. The molecule has 0 radical (unpaired) electrons. The van der Waals surface area contributed by atoms with Crippen LogP contribution in [0.25, 0.3) is 11.4 Å². The van der Waals surface area contributed by atoms with Crippen molar-refractivity contribution >= 4 is 29.3 Å². The third-order valence-electron chi connectivity index (χ3n) is 4.10. The highest BCUT2D eigenvalue weighted by molar-refractivity contribution is 7.99. The van der Waals surface area contributed by atoms with Crippen LogP contribution in [0.5, 0.6) is 0 Å². The van der Waals surface area contributed by atoms with Gasteiger partial charge in [-0.2, -0.15) is 0 Å². The maximum atomic E-state index is 12.3. The van der Waals surface area contributed by atoms with Crippen LogP contribution >= 0.6 is 23.4 Å². The minimum Gasteiger partial charge on any atom is -0.342 e. The van der Waals surface area contributed by atoms with Crippen molar-refractivity contribution in [1.82, 2.24) is 19.8 Å². The second-order valence-corrected chi connectivity index (χ2v) is 7.44. The van der Waals surface area contributed by atoms with E-state index in [9.17, 15) is 4.79 Å². The molecule has 1 fully saturated rings. The fourth-order valence-corrected chi connectivity index (χ4v) is 3.69. The predicted molar refractivity (Wildman–Crippen MR) is 96.3 cm³/mol. The monoisotopic (exact) mass is 365 g/mol. The lowest BCUT2D eigenvalue weighted by Gasteiger charge is -2.30. The third-order valence-corrected chi connectivity index (χ3v) is 5.28. The largest absolute Gasteiger partial charge is 0.342 e. The second kappa shape index (κ2) is 7.44. The Kier molecular flexibility index (Phi) is 5.30. The quantitative estimate of drug-likeness (QED) is 0.665. The lowest BCUT2D eigenvalue weighted by molar-refractivity contribution is -0.130. The molecule has 1 aromatic carbocycles. The van der Waals surface area contributed by atoms with Gasteiger partial charge in [-0.25, -0.2) is 4.68 Å². The van der Waals surface area contributed by atoms with Crippen molar-refractivity contribution in [2.75, 3.05) is 24.7 Å². The van der Waals surface area contributed by atoms with E-state index in [1.807, 2.05) is 17.0 Å². The number of carbonyl (C=O) groups is 1. The number of carbonyl (C=O) groups excluding carboxylic acids is 1. The van der Waals surface area contributed by atoms with Gasteiger partial charge in [-0.3, -0.25) is 4.79 Å². The maximum absolute atomic E-state index is 12.3. The number of aromatic nitrogens is 3. The number of hydrogen-bond donors (Lipinski definition) is 1. The standard InChI is InChI=1S/C16H20ClN5OS/c1-11-3-2-8-21(9-11)14(23)10-24-16-20-19-15(22(16)18)12-4-6-13(17)7-5-12/h4-7,11H,2-3,8-10,18H2,1H3/t11-/m1/s1. The van der Waals surface area contributed by atoms with Crippen LogP contribution in [0.3, 0.4) is 0 Å². The van der Waals surface area contributed by atoms with E-state index in [1.54, 1.807) is 12.1 Å². The smallest absolute Gasteiger partial charge is 0.233 e. The second-order valence-electron chi connectivity index (χ2n) is 6.06. The van der Waals surface area contributed by atoms with Crippen LogP contribution in [0.2, 0.25) is 5.02 Å². The van der Waals surface area contributed by atoms with Crippen molar-refractivity contribution in [3.8, 4) is 11.4 Å². The minimum atomic E-state index is 0.127. The first-order valence-electron chi connectivity index (χ1n) is 7.91. The molecular weight excluding hydrogens is 346 g/mol. The zero-order chi connectivity index (χ0) is 17.1. The molecule has 24 heavy (non-hydrogen) atoms. The van der Waals surface area contributed by atoms with E-state index in [-0.39, 0.29) is 5.91 Å². The van der Waals surface area contributed by atoms with Gasteiger partial charge in [-0.05, 0) is 43.0 Å². The Hall–Kier alpha value is -1.73. The van der Waals surface area contributed by atoms with Gasteiger partial charge in [0.05, 0.1) is 5.75 Å². The van der Waals surface area contributed by atoms with Crippen LogP contribution in [0, 0.1) is 5.92 Å². The molecule has 2 heterocycles. The van der Waals surface area contributed by atoms with Crippen LogP contribution < -0.4 is 5.84 Å². The van der Waals surface area contributed by atoms with E-state index in [4.69, 9.17) is 17.4 Å². The van der Waals surface area contributed by atoms with E-state index in [0.29, 0.717) is 27.7 Å². The average Bonchev–Trinajstić information content (AvgIpc) is 2.94. The zero-order valence-corrected chi connectivity index (χ0v) is 15.1. The molecule has 6 nitrogen and oxygen atoms in total. The minimum absolute atomic E-state index is 0.127. The average molecular weight is 366 g/mol. The highest BCUT2D eigenvalue weighted by atomic mass is 35.5. The summed E-state index contributed by atoms with van der Waals surface area (Å²) in [6.07, 6.45) is 2.27. The molecule has 0 saturated carbocycles. The summed E-state index contributed by atoms with van der Waals surface area (Å²) in [6.45, 7) is 3.86. The molecule has 2 N–H and O–H groups in total.